The molecule has 1 aliphatic heterocycles. The van der Waals surface area contributed by atoms with Gasteiger partial charge in [0.15, 0.2) is 0 Å². The fourth-order valence-corrected chi connectivity index (χ4v) is 2.92. The second-order valence-electron chi connectivity index (χ2n) is 7.73. The second-order valence-corrected chi connectivity index (χ2v) is 7.73. The number of benzene rings is 1. The number of nitrogens with two attached hydrogens (primary N) is 1. The van der Waals surface area contributed by atoms with Crippen molar-refractivity contribution in [3.63, 3.8) is 0 Å². The van der Waals surface area contributed by atoms with Gasteiger partial charge in [0.2, 0.25) is 6.35 Å². The van der Waals surface area contributed by atoms with Gasteiger partial charge >= 0.3 is 0 Å². The lowest BCUT2D eigenvalue weighted by molar-refractivity contribution is 0.186. The standard InChI is InChI=1S/C20H29N5O/c1-20(2,3)17-11-15-13-25(19(26)24-18(15)23-17)16-7-5-14(6-8-16)12-22-10-4-9-21/h5-8,11,13,19,22,26H,4,9-10,12,21H2,1-3H3,(H,23,24). The number of aromatic amines is 1. The van der Waals surface area contributed by atoms with Crippen molar-refractivity contribution in [2.24, 2.45) is 10.7 Å². The molecule has 26 heavy (non-hydrogen) atoms. The summed E-state index contributed by atoms with van der Waals surface area (Å²) in [6.45, 7) is 8.89. The molecule has 0 saturated heterocycles. The van der Waals surface area contributed by atoms with Gasteiger partial charge in [-0.15, -0.1) is 0 Å². The topological polar surface area (TPSA) is 89.7 Å². The first-order chi connectivity index (χ1) is 12.4. The van der Waals surface area contributed by atoms with E-state index in [1.165, 1.54) is 5.56 Å². The smallest absolute Gasteiger partial charge is 0.231 e. The first kappa shape index (κ1) is 18.6. The monoisotopic (exact) mass is 355 g/mol. The van der Waals surface area contributed by atoms with Gasteiger partial charge in [0.1, 0.15) is 5.49 Å². The molecule has 6 heteroatoms. The molecule has 2 heterocycles. The number of hydrogen-bond acceptors (Lipinski definition) is 5. The third-order valence-electron chi connectivity index (χ3n) is 4.53. The molecule has 6 nitrogen and oxygen atoms in total. The summed E-state index contributed by atoms with van der Waals surface area (Å²) in [5, 5.41) is 14.8. The van der Waals surface area contributed by atoms with Crippen molar-refractivity contribution >= 4 is 11.9 Å². The molecule has 140 valence electrons. The lowest BCUT2D eigenvalue weighted by Gasteiger charge is -2.25. The number of aliphatic hydroxyl groups is 1. The first-order valence-electron chi connectivity index (χ1n) is 9.14. The van der Waals surface area contributed by atoms with Gasteiger partial charge in [-0.25, -0.2) is 4.99 Å². The first-order valence-corrected chi connectivity index (χ1v) is 9.14. The fourth-order valence-electron chi connectivity index (χ4n) is 2.92. The number of fused-ring (bicyclic) bond motifs is 1. The van der Waals surface area contributed by atoms with Crippen LogP contribution in [0.25, 0.3) is 6.20 Å². The molecule has 1 unspecified atom stereocenters. The predicted molar refractivity (Wildman–Crippen MR) is 105 cm³/mol. The molecule has 0 radical (unpaired) electrons. The van der Waals surface area contributed by atoms with Gasteiger partial charge in [-0.3, -0.25) is 0 Å². The Hall–Kier alpha value is -2.15. The van der Waals surface area contributed by atoms with Gasteiger partial charge in [-0.05, 0) is 43.3 Å². The van der Waals surface area contributed by atoms with Crippen LogP contribution in [0.15, 0.2) is 35.3 Å². The highest BCUT2D eigenvalue weighted by molar-refractivity contribution is 5.60. The Morgan fingerprint density at radius 1 is 1.27 bits per heavy atom. The zero-order valence-electron chi connectivity index (χ0n) is 15.8. The number of aromatic nitrogens is 1. The van der Waals surface area contributed by atoms with Crippen molar-refractivity contribution in [2.75, 3.05) is 18.0 Å². The van der Waals surface area contributed by atoms with E-state index in [-0.39, 0.29) is 5.41 Å². The summed E-state index contributed by atoms with van der Waals surface area (Å²) in [6, 6.07) is 10.3. The zero-order valence-corrected chi connectivity index (χ0v) is 15.8. The third-order valence-corrected chi connectivity index (χ3v) is 4.53. The molecule has 0 amide bonds. The maximum absolute atomic E-state index is 10.4. The van der Waals surface area contributed by atoms with E-state index in [1.54, 1.807) is 4.90 Å². The highest BCUT2D eigenvalue weighted by atomic mass is 16.3. The SMILES string of the molecule is CC(C)(C)c1cc2c([nH]1)=NC(O)N(c1ccc(CNCCCN)cc1)C=2. The normalized spacial score (nSPS) is 16.8. The molecular weight excluding hydrogens is 326 g/mol. The number of aliphatic hydroxyl groups excluding tert-OH is 1. The van der Waals surface area contributed by atoms with Crippen molar-refractivity contribution in [3.8, 4) is 0 Å². The summed E-state index contributed by atoms with van der Waals surface area (Å²) < 4.78 is 0. The average Bonchev–Trinajstić information content (AvgIpc) is 3.02. The number of H-pyrrole nitrogens is 1. The number of rotatable bonds is 6. The van der Waals surface area contributed by atoms with E-state index in [1.807, 2.05) is 18.3 Å². The molecule has 3 rings (SSSR count). The molecule has 0 fully saturated rings. The van der Waals surface area contributed by atoms with E-state index < -0.39 is 6.35 Å². The molecule has 0 spiro atoms. The lowest BCUT2D eigenvalue weighted by Crippen LogP contribution is -2.41. The molecule has 1 aromatic heterocycles. The Balaban J connectivity index is 1.78. The predicted octanol–water partition coefficient (Wildman–Crippen LogP) is 0.904. The number of nitrogens with zero attached hydrogens (tertiary/aromatic N) is 2. The fraction of sp³-hybridized carbons (Fsp3) is 0.450. The Kier molecular flexibility index (Phi) is 5.46. The van der Waals surface area contributed by atoms with Crippen LogP contribution in [-0.2, 0) is 12.0 Å². The highest BCUT2D eigenvalue weighted by Crippen LogP contribution is 2.21. The summed E-state index contributed by atoms with van der Waals surface area (Å²) in [6.07, 6.45) is 2.00. The Bertz CT molecular complexity index is 848. The molecule has 1 atom stereocenters. The van der Waals surface area contributed by atoms with E-state index in [0.29, 0.717) is 6.54 Å². The molecule has 0 saturated carbocycles. The van der Waals surface area contributed by atoms with Crippen molar-refractivity contribution < 1.29 is 5.11 Å². The quantitative estimate of drug-likeness (QED) is 0.580. The average molecular weight is 355 g/mol. The van der Waals surface area contributed by atoms with Crippen LogP contribution in [0.5, 0.6) is 0 Å². The Morgan fingerprint density at radius 2 is 2.00 bits per heavy atom. The van der Waals surface area contributed by atoms with Gasteiger partial charge in [0.05, 0.1) is 0 Å². The van der Waals surface area contributed by atoms with E-state index in [9.17, 15) is 5.11 Å². The van der Waals surface area contributed by atoms with Crippen LogP contribution in [0.4, 0.5) is 5.69 Å². The Morgan fingerprint density at radius 3 is 2.65 bits per heavy atom. The second kappa shape index (κ2) is 7.61. The molecule has 1 aliphatic rings. The van der Waals surface area contributed by atoms with Crippen molar-refractivity contribution in [2.45, 2.75) is 45.5 Å². The Labute approximate surface area is 154 Å². The minimum atomic E-state index is -0.928. The van der Waals surface area contributed by atoms with E-state index in [2.05, 4.69) is 54.3 Å². The largest absolute Gasteiger partial charge is 0.355 e. The van der Waals surface area contributed by atoms with Crippen LogP contribution in [-0.4, -0.2) is 29.5 Å². The van der Waals surface area contributed by atoms with Crippen LogP contribution < -0.4 is 26.7 Å². The minimum absolute atomic E-state index is 0.00896. The molecule has 0 bridgehead atoms. The van der Waals surface area contributed by atoms with Gasteiger partial charge in [0.25, 0.3) is 0 Å². The molecule has 5 N–H and O–H groups in total. The summed E-state index contributed by atoms with van der Waals surface area (Å²) in [7, 11) is 0. The highest BCUT2D eigenvalue weighted by Gasteiger charge is 2.20. The van der Waals surface area contributed by atoms with Gasteiger partial charge < -0.3 is 26.0 Å². The van der Waals surface area contributed by atoms with E-state index in [4.69, 9.17) is 5.73 Å². The number of nitrogens with one attached hydrogen (secondary N) is 2. The van der Waals surface area contributed by atoms with Crippen molar-refractivity contribution in [1.29, 1.82) is 0 Å². The van der Waals surface area contributed by atoms with E-state index in [0.717, 1.165) is 41.6 Å². The molecule has 0 aliphatic carbocycles. The van der Waals surface area contributed by atoms with Crippen LogP contribution in [0.3, 0.4) is 0 Å². The number of hydrogen-bond donors (Lipinski definition) is 4. The van der Waals surface area contributed by atoms with Crippen LogP contribution in [0, 0.1) is 0 Å². The minimum Gasteiger partial charge on any atom is -0.355 e. The molecular formula is C20H29N5O. The molecule has 2 aromatic rings. The third kappa shape index (κ3) is 4.15. The molecule has 1 aromatic carbocycles. The van der Waals surface area contributed by atoms with Crippen molar-refractivity contribution in [1.82, 2.24) is 10.3 Å². The van der Waals surface area contributed by atoms with Gasteiger partial charge in [-0.2, -0.15) is 0 Å². The maximum atomic E-state index is 10.4. The maximum Gasteiger partial charge on any atom is 0.231 e. The summed E-state index contributed by atoms with van der Waals surface area (Å²) >= 11 is 0. The number of anilines is 1. The summed E-state index contributed by atoms with van der Waals surface area (Å²) in [4.78, 5) is 9.50. The van der Waals surface area contributed by atoms with Gasteiger partial charge in [0, 0.05) is 34.8 Å². The summed E-state index contributed by atoms with van der Waals surface area (Å²) in [5.74, 6) is 0. The zero-order chi connectivity index (χ0) is 18.7. The van der Waals surface area contributed by atoms with E-state index >= 15 is 0 Å². The van der Waals surface area contributed by atoms with Gasteiger partial charge in [-0.1, -0.05) is 32.9 Å². The van der Waals surface area contributed by atoms with Crippen LogP contribution >= 0.6 is 0 Å². The van der Waals surface area contributed by atoms with Crippen LogP contribution in [0.2, 0.25) is 0 Å². The van der Waals surface area contributed by atoms with Crippen LogP contribution in [0.1, 0.15) is 38.4 Å². The van der Waals surface area contributed by atoms with Crippen molar-refractivity contribution in [3.05, 3.63) is 52.3 Å². The summed E-state index contributed by atoms with van der Waals surface area (Å²) in [5.41, 5.74) is 9.46. The lowest BCUT2D eigenvalue weighted by atomic mass is 9.92.